The minimum absolute atomic E-state index is 0.0734. The zero-order chi connectivity index (χ0) is 14.4. The van der Waals surface area contributed by atoms with Gasteiger partial charge in [-0.2, -0.15) is 4.37 Å². The van der Waals surface area contributed by atoms with Crippen LogP contribution in [0.4, 0.5) is 5.95 Å². The minimum atomic E-state index is -1.26. The zero-order valence-electron chi connectivity index (χ0n) is 10.1. The number of nitrogen functional groups attached to an aromatic ring is 1. The SMILES string of the molecule is Nc1nc2c([C@H]3O[C@H](CO)[C@@H](O)[C@H]3O)nsc2c(=O)[nH]1. The highest BCUT2D eigenvalue weighted by Crippen LogP contribution is 2.36. The van der Waals surface area contributed by atoms with Crippen molar-refractivity contribution in [1.29, 1.82) is 0 Å². The van der Waals surface area contributed by atoms with Crippen molar-refractivity contribution in [3.63, 3.8) is 0 Å². The van der Waals surface area contributed by atoms with Gasteiger partial charge in [0.1, 0.15) is 40.3 Å². The lowest BCUT2D eigenvalue weighted by Gasteiger charge is -2.12. The molecule has 6 N–H and O–H groups in total. The number of aromatic nitrogens is 3. The van der Waals surface area contributed by atoms with Crippen LogP contribution in [0, 0.1) is 0 Å². The highest BCUT2D eigenvalue weighted by molar-refractivity contribution is 7.13. The number of aliphatic hydroxyl groups is 3. The summed E-state index contributed by atoms with van der Waals surface area (Å²) in [5, 5.41) is 28.8. The lowest BCUT2D eigenvalue weighted by atomic mass is 10.1. The molecular formula is C10H12N4O5S. The molecule has 0 saturated carbocycles. The molecular weight excluding hydrogens is 288 g/mol. The topological polar surface area (TPSA) is 155 Å². The molecule has 10 heteroatoms. The van der Waals surface area contributed by atoms with Crippen molar-refractivity contribution < 1.29 is 20.1 Å². The molecule has 2 aromatic heterocycles. The standard InChI is InChI=1S/C10H12N4O5S/c11-10-12-4-3(14-20-8(4)9(18)13-10)7-6(17)5(16)2(1-15)19-7/h2,5-7,15-17H,1H2,(H3,11,12,13,18)/t2-,5-,6-,7-/m1/s1. The third kappa shape index (κ3) is 1.89. The molecule has 3 heterocycles. The van der Waals surface area contributed by atoms with E-state index in [0.29, 0.717) is 0 Å². The maximum atomic E-state index is 11.7. The van der Waals surface area contributed by atoms with Gasteiger partial charge in [0.05, 0.1) is 6.61 Å². The van der Waals surface area contributed by atoms with Crippen LogP contribution in [0.3, 0.4) is 0 Å². The van der Waals surface area contributed by atoms with E-state index in [4.69, 9.17) is 15.6 Å². The first kappa shape index (κ1) is 13.4. The Kier molecular flexibility index (Phi) is 3.18. The fraction of sp³-hybridized carbons (Fsp3) is 0.500. The van der Waals surface area contributed by atoms with Gasteiger partial charge < -0.3 is 25.8 Å². The number of aromatic amines is 1. The van der Waals surface area contributed by atoms with Gasteiger partial charge in [-0.25, -0.2) is 4.98 Å². The van der Waals surface area contributed by atoms with Gasteiger partial charge in [0.2, 0.25) is 5.95 Å². The number of aliphatic hydroxyl groups excluding tert-OH is 3. The third-order valence-electron chi connectivity index (χ3n) is 3.18. The quantitative estimate of drug-likeness (QED) is 0.431. The average molecular weight is 300 g/mol. The number of nitrogens with zero attached hydrogens (tertiary/aromatic N) is 2. The molecule has 0 radical (unpaired) electrons. The van der Waals surface area contributed by atoms with E-state index in [9.17, 15) is 15.0 Å². The summed E-state index contributed by atoms with van der Waals surface area (Å²) >= 11 is 0.901. The molecule has 1 aliphatic rings. The van der Waals surface area contributed by atoms with Crippen LogP contribution in [0.25, 0.3) is 10.2 Å². The van der Waals surface area contributed by atoms with Crippen molar-refractivity contribution in [1.82, 2.24) is 14.3 Å². The van der Waals surface area contributed by atoms with Crippen molar-refractivity contribution >= 4 is 27.7 Å². The van der Waals surface area contributed by atoms with Crippen molar-refractivity contribution in [2.24, 2.45) is 0 Å². The highest BCUT2D eigenvalue weighted by atomic mass is 32.1. The van der Waals surface area contributed by atoms with Crippen LogP contribution < -0.4 is 11.3 Å². The molecule has 4 atom stereocenters. The van der Waals surface area contributed by atoms with E-state index in [1.807, 2.05) is 0 Å². The van der Waals surface area contributed by atoms with Crippen molar-refractivity contribution in [2.75, 3.05) is 12.3 Å². The Labute approximate surface area is 115 Å². The van der Waals surface area contributed by atoms with Crippen molar-refractivity contribution in [3.05, 3.63) is 16.0 Å². The fourth-order valence-corrected chi connectivity index (χ4v) is 2.94. The van der Waals surface area contributed by atoms with Gasteiger partial charge in [-0.05, 0) is 11.5 Å². The second kappa shape index (κ2) is 4.75. The summed E-state index contributed by atoms with van der Waals surface area (Å²) in [6.45, 7) is -0.438. The Morgan fingerprint density at radius 1 is 1.40 bits per heavy atom. The Bertz CT molecular complexity index is 701. The van der Waals surface area contributed by atoms with Crippen molar-refractivity contribution in [3.8, 4) is 0 Å². The Morgan fingerprint density at radius 3 is 2.80 bits per heavy atom. The number of hydrogen-bond donors (Lipinski definition) is 5. The Balaban J connectivity index is 2.09. The number of anilines is 1. The Hall–Kier alpha value is -1.59. The maximum Gasteiger partial charge on any atom is 0.271 e. The average Bonchev–Trinajstić information content (AvgIpc) is 2.93. The van der Waals surface area contributed by atoms with E-state index in [1.54, 1.807) is 0 Å². The molecule has 0 bridgehead atoms. The largest absolute Gasteiger partial charge is 0.394 e. The molecule has 108 valence electrons. The molecule has 2 aromatic rings. The van der Waals surface area contributed by atoms with Crippen LogP contribution in [0.5, 0.6) is 0 Å². The van der Waals surface area contributed by atoms with Crippen LogP contribution in [0.2, 0.25) is 0 Å². The van der Waals surface area contributed by atoms with E-state index in [-0.39, 0.29) is 21.9 Å². The highest BCUT2D eigenvalue weighted by Gasteiger charge is 2.45. The lowest BCUT2D eigenvalue weighted by molar-refractivity contribution is -0.0233. The van der Waals surface area contributed by atoms with E-state index >= 15 is 0 Å². The van der Waals surface area contributed by atoms with Gasteiger partial charge in [-0.3, -0.25) is 9.78 Å². The molecule has 3 rings (SSSR count). The van der Waals surface area contributed by atoms with Crippen molar-refractivity contribution in [2.45, 2.75) is 24.4 Å². The third-order valence-corrected chi connectivity index (χ3v) is 4.03. The monoisotopic (exact) mass is 300 g/mol. The van der Waals surface area contributed by atoms with Gasteiger partial charge in [0, 0.05) is 0 Å². The summed E-state index contributed by atoms with van der Waals surface area (Å²) in [5.41, 5.74) is 5.51. The van der Waals surface area contributed by atoms with Gasteiger partial charge in [-0.1, -0.05) is 0 Å². The maximum absolute atomic E-state index is 11.7. The molecule has 0 aliphatic carbocycles. The predicted molar refractivity (Wildman–Crippen MR) is 69.2 cm³/mol. The summed E-state index contributed by atoms with van der Waals surface area (Å²) < 4.78 is 9.68. The second-order valence-corrected chi connectivity index (χ2v) is 5.23. The second-order valence-electron chi connectivity index (χ2n) is 4.46. The molecule has 20 heavy (non-hydrogen) atoms. The number of ether oxygens (including phenoxy) is 1. The number of nitrogens with two attached hydrogens (primary N) is 1. The fourth-order valence-electron chi connectivity index (χ4n) is 2.19. The molecule has 1 saturated heterocycles. The first-order valence-electron chi connectivity index (χ1n) is 5.80. The summed E-state index contributed by atoms with van der Waals surface area (Å²) in [7, 11) is 0. The van der Waals surface area contributed by atoms with E-state index in [0.717, 1.165) is 11.5 Å². The molecule has 0 spiro atoms. The summed E-state index contributed by atoms with van der Waals surface area (Å²) in [6, 6.07) is 0. The molecule has 9 nitrogen and oxygen atoms in total. The van der Waals surface area contributed by atoms with E-state index in [1.165, 1.54) is 0 Å². The van der Waals surface area contributed by atoms with Crippen LogP contribution in [0.1, 0.15) is 11.8 Å². The summed E-state index contributed by atoms with van der Waals surface area (Å²) in [5.74, 6) is -0.0734. The van der Waals surface area contributed by atoms with Crippen LogP contribution >= 0.6 is 11.5 Å². The van der Waals surface area contributed by atoms with Gasteiger partial charge in [0.25, 0.3) is 5.56 Å². The number of hydrogen-bond acceptors (Lipinski definition) is 9. The van der Waals surface area contributed by atoms with Gasteiger partial charge in [0.15, 0.2) is 0 Å². The number of H-pyrrole nitrogens is 1. The smallest absolute Gasteiger partial charge is 0.271 e. The number of nitrogens with one attached hydrogen (secondary N) is 1. The van der Waals surface area contributed by atoms with Gasteiger partial charge in [-0.15, -0.1) is 0 Å². The normalized spacial score (nSPS) is 30.1. The molecule has 0 amide bonds. The number of fused-ring (bicyclic) bond motifs is 1. The molecule has 1 fully saturated rings. The molecule has 0 aromatic carbocycles. The van der Waals surface area contributed by atoms with Crippen LogP contribution in [-0.4, -0.2) is 54.6 Å². The van der Waals surface area contributed by atoms with Gasteiger partial charge >= 0.3 is 0 Å². The van der Waals surface area contributed by atoms with Crippen LogP contribution in [-0.2, 0) is 4.74 Å². The van der Waals surface area contributed by atoms with Crippen LogP contribution in [0.15, 0.2) is 4.79 Å². The van der Waals surface area contributed by atoms with E-state index in [2.05, 4.69) is 14.3 Å². The van der Waals surface area contributed by atoms with E-state index < -0.39 is 36.6 Å². The Morgan fingerprint density at radius 2 is 2.15 bits per heavy atom. The summed E-state index contributed by atoms with van der Waals surface area (Å²) in [6.07, 6.45) is -4.38. The predicted octanol–water partition coefficient (Wildman–Crippen LogP) is -1.88. The zero-order valence-corrected chi connectivity index (χ0v) is 10.9. The summed E-state index contributed by atoms with van der Waals surface area (Å²) in [4.78, 5) is 18.0. The minimum Gasteiger partial charge on any atom is -0.394 e. The lowest BCUT2D eigenvalue weighted by Crippen LogP contribution is -2.32. The molecule has 1 aliphatic heterocycles. The first-order chi connectivity index (χ1) is 9.52. The molecule has 0 unspecified atom stereocenters. The first-order valence-corrected chi connectivity index (χ1v) is 6.57. The number of rotatable bonds is 2.